The number of urea groups is 1. The van der Waals surface area contributed by atoms with Gasteiger partial charge < -0.3 is 15.1 Å². The first kappa shape index (κ1) is 20.7. The van der Waals surface area contributed by atoms with Crippen molar-refractivity contribution >= 4 is 34.4 Å². The molecule has 0 aliphatic carbocycles. The van der Waals surface area contributed by atoms with Crippen molar-refractivity contribution < 1.29 is 22.8 Å². The lowest BCUT2D eigenvalue weighted by molar-refractivity contribution is -0.138. The van der Waals surface area contributed by atoms with E-state index in [0.717, 1.165) is 0 Å². The van der Waals surface area contributed by atoms with Crippen LogP contribution in [-0.2, 0) is 11.0 Å². The Bertz CT molecular complexity index is 840. The minimum atomic E-state index is -4.61. The molecule has 0 bridgehead atoms. The Balaban J connectivity index is 1.37. The number of halogens is 3. The number of aromatic nitrogens is 4. The van der Waals surface area contributed by atoms with Crippen LogP contribution in [0.5, 0.6) is 0 Å². The number of alkyl halides is 3. The fourth-order valence-electron chi connectivity index (χ4n) is 2.58. The lowest BCUT2D eigenvalue weighted by atomic mass is 10.3. The summed E-state index contributed by atoms with van der Waals surface area (Å²) in [5, 5.41) is 9.37. The Hall–Kier alpha value is -3.03. The van der Waals surface area contributed by atoms with Crippen molar-refractivity contribution in [3.8, 4) is 0 Å². The van der Waals surface area contributed by atoms with Crippen LogP contribution >= 0.6 is 11.3 Å². The molecule has 14 heteroatoms. The van der Waals surface area contributed by atoms with Crippen LogP contribution in [0.15, 0.2) is 18.5 Å². The van der Waals surface area contributed by atoms with Crippen LogP contribution in [-0.4, -0.2) is 69.7 Å². The number of nitrogens with zero attached hydrogens (tertiary/aromatic N) is 6. The Morgan fingerprint density at radius 3 is 2.41 bits per heavy atom. The number of anilines is 2. The van der Waals surface area contributed by atoms with Gasteiger partial charge in [-0.1, -0.05) is 11.3 Å². The first-order valence-electron chi connectivity index (χ1n) is 8.58. The number of carbonyl (C=O) groups is 2. The van der Waals surface area contributed by atoms with E-state index in [2.05, 4.69) is 30.8 Å². The summed E-state index contributed by atoms with van der Waals surface area (Å²) < 4.78 is 37.4. The Labute approximate surface area is 167 Å². The van der Waals surface area contributed by atoms with Gasteiger partial charge in [-0.25, -0.2) is 14.8 Å². The minimum absolute atomic E-state index is 0.0393. The SMILES string of the molecule is O=C(NCCC(=O)N1CCN(c2ncccn2)CC1)Nc1nnc(C(F)(F)F)s1. The predicted molar refractivity (Wildman–Crippen MR) is 97.4 cm³/mol. The summed E-state index contributed by atoms with van der Waals surface area (Å²) in [6.45, 7) is 2.25. The third-order valence-corrected chi connectivity index (χ3v) is 4.86. The fourth-order valence-corrected chi connectivity index (χ4v) is 3.19. The monoisotopic (exact) mass is 430 g/mol. The fraction of sp³-hybridized carbons (Fsp3) is 0.467. The number of carbonyl (C=O) groups excluding carboxylic acids is 2. The molecule has 156 valence electrons. The van der Waals surface area contributed by atoms with E-state index in [4.69, 9.17) is 0 Å². The molecule has 29 heavy (non-hydrogen) atoms. The van der Waals surface area contributed by atoms with E-state index in [9.17, 15) is 22.8 Å². The first-order chi connectivity index (χ1) is 13.8. The summed E-state index contributed by atoms with van der Waals surface area (Å²) in [5.41, 5.74) is 0. The maximum atomic E-state index is 12.5. The molecule has 0 radical (unpaired) electrons. The van der Waals surface area contributed by atoms with Gasteiger partial charge in [0.25, 0.3) is 0 Å². The summed E-state index contributed by atoms with van der Waals surface area (Å²) in [6.07, 6.45) is -1.24. The normalized spacial score (nSPS) is 14.6. The van der Waals surface area contributed by atoms with Crippen molar-refractivity contribution in [2.45, 2.75) is 12.6 Å². The molecule has 1 fully saturated rings. The number of hydrogen-bond donors (Lipinski definition) is 2. The molecule has 3 amide bonds. The summed E-state index contributed by atoms with van der Waals surface area (Å²) in [6, 6.07) is 0.973. The zero-order chi connectivity index (χ0) is 20.9. The van der Waals surface area contributed by atoms with Gasteiger partial charge in [0.1, 0.15) is 0 Å². The molecule has 0 unspecified atom stereocenters. The standard InChI is InChI=1S/C15H17F3N8O2S/c16-15(17,18)11-23-24-14(29-11)22-13(28)21-5-2-10(27)25-6-8-26(9-7-25)12-19-3-1-4-20-12/h1,3-4H,2,5-9H2,(H2,21,22,24,28). The minimum Gasteiger partial charge on any atom is -0.339 e. The van der Waals surface area contributed by atoms with Crippen LogP contribution < -0.4 is 15.5 Å². The van der Waals surface area contributed by atoms with Crippen LogP contribution in [0.25, 0.3) is 0 Å². The summed E-state index contributed by atoms with van der Waals surface area (Å²) >= 11 is 0.220. The van der Waals surface area contributed by atoms with Crippen molar-refractivity contribution in [3.05, 3.63) is 23.5 Å². The Kier molecular flexibility index (Phi) is 6.41. The second-order valence-corrected chi connectivity index (χ2v) is 6.94. The van der Waals surface area contributed by atoms with Gasteiger partial charge in [-0.05, 0) is 6.07 Å². The molecule has 3 rings (SSSR count). The Morgan fingerprint density at radius 1 is 1.10 bits per heavy atom. The number of amides is 3. The van der Waals surface area contributed by atoms with Gasteiger partial charge in [0.05, 0.1) is 0 Å². The van der Waals surface area contributed by atoms with Crippen molar-refractivity contribution in [2.75, 3.05) is 42.9 Å². The van der Waals surface area contributed by atoms with Crippen LogP contribution in [0.1, 0.15) is 11.4 Å². The first-order valence-corrected chi connectivity index (χ1v) is 9.40. The van der Waals surface area contributed by atoms with Gasteiger partial charge in [-0.3, -0.25) is 10.1 Å². The van der Waals surface area contributed by atoms with Gasteiger partial charge in [-0.15, -0.1) is 10.2 Å². The largest absolute Gasteiger partial charge is 0.445 e. The van der Waals surface area contributed by atoms with E-state index in [1.807, 2.05) is 4.90 Å². The highest BCUT2D eigenvalue weighted by molar-refractivity contribution is 7.15. The van der Waals surface area contributed by atoms with E-state index in [0.29, 0.717) is 32.1 Å². The molecule has 3 heterocycles. The zero-order valence-electron chi connectivity index (χ0n) is 15.0. The van der Waals surface area contributed by atoms with E-state index in [1.54, 1.807) is 23.4 Å². The van der Waals surface area contributed by atoms with Crippen molar-refractivity contribution in [1.82, 2.24) is 30.4 Å². The topological polar surface area (TPSA) is 116 Å². The maximum absolute atomic E-state index is 12.5. The molecule has 2 aromatic rings. The maximum Gasteiger partial charge on any atom is 0.445 e. The third-order valence-electron chi connectivity index (χ3n) is 3.98. The lowest BCUT2D eigenvalue weighted by Gasteiger charge is -2.34. The Morgan fingerprint density at radius 2 is 1.79 bits per heavy atom. The second kappa shape index (κ2) is 8.98. The van der Waals surface area contributed by atoms with Crippen molar-refractivity contribution in [2.24, 2.45) is 0 Å². The highest BCUT2D eigenvalue weighted by atomic mass is 32.1. The smallest absolute Gasteiger partial charge is 0.339 e. The highest BCUT2D eigenvalue weighted by Crippen LogP contribution is 2.32. The van der Waals surface area contributed by atoms with Gasteiger partial charge in [0.15, 0.2) is 0 Å². The second-order valence-electron chi connectivity index (χ2n) is 5.96. The molecular weight excluding hydrogens is 413 g/mol. The van der Waals surface area contributed by atoms with E-state index in [1.165, 1.54) is 0 Å². The molecule has 0 atom stereocenters. The van der Waals surface area contributed by atoms with Gasteiger partial charge in [-0.2, -0.15) is 13.2 Å². The third kappa shape index (κ3) is 5.73. The van der Waals surface area contributed by atoms with Crippen LogP contribution in [0.3, 0.4) is 0 Å². The summed E-state index contributed by atoms with van der Waals surface area (Å²) in [7, 11) is 0. The molecule has 1 saturated heterocycles. The molecule has 2 N–H and O–H groups in total. The van der Waals surface area contributed by atoms with E-state index in [-0.39, 0.29) is 35.3 Å². The van der Waals surface area contributed by atoms with E-state index < -0.39 is 17.2 Å². The quantitative estimate of drug-likeness (QED) is 0.732. The summed E-state index contributed by atoms with van der Waals surface area (Å²) in [5.74, 6) is 0.484. The van der Waals surface area contributed by atoms with Crippen molar-refractivity contribution in [1.29, 1.82) is 0 Å². The zero-order valence-corrected chi connectivity index (χ0v) is 15.8. The molecule has 1 aliphatic rings. The average Bonchev–Trinajstić information content (AvgIpc) is 3.17. The van der Waals surface area contributed by atoms with E-state index >= 15 is 0 Å². The number of hydrogen-bond acceptors (Lipinski definition) is 8. The predicted octanol–water partition coefficient (Wildman–Crippen LogP) is 1.21. The van der Waals surface area contributed by atoms with Gasteiger partial charge >= 0.3 is 12.2 Å². The van der Waals surface area contributed by atoms with Crippen LogP contribution in [0.4, 0.5) is 29.0 Å². The van der Waals surface area contributed by atoms with Crippen LogP contribution in [0.2, 0.25) is 0 Å². The molecule has 10 nitrogen and oxygen atoms in total. The molecule has 0 aromatic carbocycles. The molecule has 0 saturated carbocycles. The molecule has 0 spiro atoms. The van der Waals surface area contributed by atoms with Gasteiger partial charge in [0.2, 0.25) is 22.0 Å². The lowest BCUT2D eigenvalue weighted by Crippen LogP contribution is -2.49. The molecular formula is C15H17F3N8O2S. The van der Waals surface area contributed by atoms with Gasteiger partial charge in [0, 0.05) is 51.5 Å². The summed E-state index contributed by atoms with van der Waals surface area (Å²) in [4.78, 5) is 36.0. The highest BCUT2D eigenvalue weighted by Gasteiger charge is 2.35. The average molecular weight is 430 g/mol. The number of rotatable bonds is 5. The van der Waals surface area contributed by atoms with Crippen molar-refractivity contribution in [3.63, 3.8) is 0 Å². The molecule has 1 aliphatic heterocycles. The number of piperazine rings is 1. The van der Waals surface area contributed by atoms with Crippen LogP contribution in [0, 0.1) is 0 Å². The number of nitrogens with one attached hydrogen (secondary N) is 2. The molecule has 2 aromatic heterocycles.